The van der Waals surface area contributed by atoms with E-state index in [-0.39, 0.29) is 11.0 Å². The van der Waals surface area contributed by atoms with Crippen molar-refractivity contribution in [2.45, 2.75) is 32.4 Å². The Labute approximate surface area is 221 Å². The van der Waals surface area contributed by atoms with Gasteiger partial charge in [-0.1, -0.05) is 0 Å². The van der Waals surface area contributed by atoms with Gasteiger partial charge in [-0.05, 0) is 0 Å². The monoisotopic (exact) mass is 611 g/mol. The van der Waals surface area contributed by atoms with Crippen LogP contribution in [-0.4, -0.2) is 70.2 Å². The molecule has 1 aromatic heterocycles. The first-order valence-corrected chi connectivity index (χ1v) is 17.3. The quantitative estimate of drug-likeness (QED) is 0.241. The molecule has 0 N–H and O–H groups in total. The molecule has 8 heteroatoms. The van der Waals surface area contributed by atoms with E-state index in [0.29, 0.717) is 0 Å². The van der Waals surface area contributed by atoms with Gasteiger partial charge in [0, 0.05) is 0 Å². The fourth-order valence-corrected chi connectivity index (χ4v) is 12.5. The number of para-hydroxylation sites is 2. The van der Waals surface area contributed by atoms with Crippen molar-refractivity contribution in [3.8, 4) is 0 Å². The van der Waals surface area contributed by atoms with E-state index in [9.17, 15) is 14.4 Å². The van der Waals surface area contributed by atoms with Crippen LogP contribution in [0.4, 0.5) is 19.9 Å². The third-order valence-corrected chi connectivity index (χ3v) is 14.5. The van der Waals surface area contributed by atoms with E-state index in [1.165, 1.54) is 50.7 Å². The van der Waals surface area contributed by atoms with Crippen LogP contribution in [0.2, 0.25) is 13.1 Å². The van der Waals surface area contributed by atoms with Crippen molar-refractivity contribution in [2.24, 2.45) is 0 Å². The second-order valence-corrected chi connectivity index (χ2v) is 18.1. The van der Waals surface area contributed by atoms with Gasteiger partial charge in [0.2, 0.25) is 0 Å². The van der Waals surface area contributed by atoms with E-state index < -0.39 is 46.4 Å². The average molecular weight is 609 g/mol. The number of barbiturate groups is 1. The predicted octanol–water partition coefficient (Wildman–Crippen LogP) is 3.42. The normalized spacial score (nSPS) is 19.2. The summed E-state index contributed by atoms with van der Waals surface area (Å²) >= 11 is -0.914. The average Bonchev–Trinajstić information content (AvgIpc) is 3.29. The minimum atomic E-state index is -1.90. The molecule has 2 aromatic carbocycles. The molecule has 3 aromatic rings. The first-order chi connectivity index (χ1) is 17.0. The zero-order chi connectivity index (χ0) is 25.7. The minimum absolute atomic E-state index is 0.0550. The number of hydrogen-bond acceptors (Lipinski definition) is 4. The Kier molecular flexibility index (Phi) is 4.92. The number of nitrogens with zero attached hydrogens (tertiary/aromatic N) is 3. The molecule has 3 aliphatic rings. The van der Waals surface area contributed by atoms with Crippen LogP contribution < -0.4 is 15.3 Å². The van der Waals surface area contributed by atoms with Crippen molar-refractivity contribution in [1.29, 1.82) is 0 Å². The van der Waals surface area contributed by atoms with E-state index in [0.717, 1.165) is 13.4 Å². The van der Waals surface area contributed by atoms with Gasteiger partial charge < -0.3 is 0 Å². The van der Waals surface area contributed by atoms with Crippen molar-refractivity contribution >= 4 is 77.9 Å². The molecule has 6 rings (SSSR count). The number of fused-ring (bicyclic) bond motifs is 4. The number of benzene rings is 2. The Balaban J connectivity index is 1.59. The molecule has 1 saturated heterocycles. The van der Waals surface area contributed by atoms with E-state index in [2.05, 4.69) is 80.4 Å². The van der Waals surface area contributed by atoms with E-state index in [1.807, 2.05) is 0 Å². The van der Waals surface area contributed by atoms with Crippen LogP contribution in [-0.2, 0) is 15.0 Å². The second kappa shape index (κ2) is 7.54. The Bertz CT molecular complexity index is 1530. The summed E-state index contributed by atoms with van der Waals surface area (Å²) in [5.74, 6) is -1.08. The summed E-state index contributed by atoms with van der Waals surface area (Å²) in [5.41, 5.74) is 5.02. The Morgan fingerprint density at radius 3 is 2.19 bits per heavy atom. The van der Waals surface area contributed by atoms with Crippen LogP contribution in [0.25, 0.3) is 6.08 Å². The summed E-state index contributed by atoms with van der Waals surface area (Å²) < 4.78 is 2.35. The zero-order valence-electron chi connectivity index (χ0n) is 21.2. The van der Waals surface area contributed by atoms with Crippen LogP contribution >= 0.6 is 0 Å². The molecule has 0 bridgehead atoms. The van der Waals surface area contributed by atoms with Crippen LogP contribution in [0.3, 0.4) is 0 Å². The Morgan fingerprint density at radius 2 is 1.50 bits per heavy atom. The molecule has 0 saturated carbocycles. The molecular weight excluding hydrogens is 582 g/mol. The van der Waals surface area contributed by atoms with Gasteiger partial charge in [-0.15, -0.1) is 0 Å². The van der Waals surface area contributed by atoms with E-state index in [1.54, 1.807) is 6.08 Å². The topological polar surface area (TPSA) is 60.9 Å². The SMILES string of the molecule is CN1C(=O)C(=Cc2cc3c([te]2)N2c4ccccc4[Si](C)(C)c4cccc(c42)C3(C)C)C(=O)N(C)C1=O. The molecule has 0 spiro atoms. The maximum atomic E-state index is 12.9. The predicted molar refractivity (Wildman–Crippen MR) is 146 cm³/mol. The number of likely N-dealkylation sites (N-methyl/N-ethyl adjacent to an activating group) is 2. The first-order valence-electron chi connectivity index (χ1n) is 12.0. The van der Waals surface area contributed by atoms with Gasteiger partial charge in [0.05, 0.1) is 0 Å². The summed E-state index contributed by atoms with van der Waals surface area (Å²) in [6.07, 6.45) is 1.74. The Hall–Kier alpha value is -2.92. The molecule has 4 heterocycles. The molecule has 36 heavy (non-hydrogen) atoms. The van der Waals surface area contributed by atoms with Gasteiger partial charge in [0.15, 0.2) is 0 Å². The fourth-order valence-electron chi connectivity index (χ4n) is 5.81. The molecule has 0 unspecified atom stereocenters. The molecular formula is C28H27N3O3SiTe. The van der Waals surface area contributed by atoms with Crippen molar-refractivity contribution in [3.63, 3.8) is 0 Å². The number of rotatable bonds is 1. The zero-order valence-corrected chi connectivity index (χ0v) is 24.5. The van der Waals surface area contributed by atoms with E-state index >= 15 is 0 Å². The third-order valence-electron chi connectivity index (χ3n) is 7.96. The number of carbonyl (C=O) groups is 3. The van der Waals surface area contributed by atoms with Gasteiger partial charge in [0.25, 0.3) is 0 Å². The number of amides is 4. The van der Waals surface area contributed by atoms with E-state index in [4.69, 9.17) is 0 Å². The van der Waals surface area contributed by atoms with Gasteiger partial charge in [-0.25, -0.2) is 0 Å². The number of imide groups is 2. The van der Waals surface area contributed by atoms with Crippen molar-refractivity contribution in [2.75, 3.05) is 19.0 Å². The van der Waals surface area contributed by atoms with Gasteiger partial charge in [0.1, 0.15) is 0 Å². The number of urea groups is 1. The molecule has 3 aliphatic heterocycles. The molecule has 1 fully saturated rings. The number of anilines is 3. The molecule has 182 valence electrons. The molecule has 0 atom stereocenters. The third kappa shape index (κ3) is 2.92. The van der Waals surface area contributed by atoms with Crippen LogP contribution in [0.5, 0.6) is 0 Å². The maximum absolute atomic E-state index is 12.9. The fraction of sp³-hybridized carbons (Fsp3) is 0.250. The molecule has 4 amide bonds. The van der Waals surface area contributed by atoms with Crippen molar-refractivity contribution in [3.05, 3.63) is 68.8 Å². The standard InChI is InChI=1S/C28H27N3O3SiTe/c1-28(2)18-10-9-13-22-23(18)31(20-11-7-8-12-21(20)35(22,5)6)26-19(28)15-16(36-26)14-17-24(32)29(3)27(34)30(4)25(17)33/h7-15H,1-6H3. The van der Waals surface area contributed by atoms with Crippen molar-refractivity contribution < 1.29 is 14.4 Å². The molecule has 0 radical (unpaired) electrons. The van der Waals surface area contributed by atoms with Crippen LogP contribution in [0, 0.1) is 0 Å². The van der Waals surface area contributed by atoms with Gasteiger partial charge in [-0.3, -0.25) is 0 Å². The molecule has 0 aliphatic carbocycles. The summed E-state index contributed by atoms with van der Waals surface area (Å²) in [5, 5.41) is 2.89. The summed E-state index contributed by atoms with van der Waals surface area (Å²) in [7, 11) is 0.940. The number of hydrogen-bond donors (Lipinski definition) is 0. The van der Waals surface area contributed by atoms with Crippen LogP contribution in [0.1, 0.15) is 28.6 Å². The van der Waals surface area contributed by atoms with Crippen molar-refractivity contribution in [1.82, 2.24) is 9.80 Å². The van der Waals surface area contributed by atoms with Crippen LogP contribution in [0.15, 0.2) is 54.1 Å². The summed E-state index contributed by atoms with van der Waals surface area (Å²) in [4.78, 5) is 42.4. The number of carbonyl (C=O) groups excluding carboxylic acids is 3. The Morgan fingerprint density at radius 1 is 0.861 bits per heavy atom. The summed E-state index contributed by atoms with van der Waals surface area (Å²) in [6.45, 7) is 9.43. The molecule has 6 nitrogen and oxygen atoms in total. The van der Waals surface area contributed by atoms with Gasteiger partial charge >= 0.3 is 222 Å². The van der Waals surface area contributed by atoms with Gasteiger partial charge in [-0.2, -0.15) is 0 Å². The summed E-state index contributed by atoms with van der Waals surface area (Å²) in [6, 6.07) is 17.1. The first kappa shape index (κ1) is 23.5. The second-order valence-electron chi connectivity index (χ2n) is 10.7.